The second kappa shape index (κ2) is 5.34. The number of halogens is 1. The van der Waals surface area contributed by atoms with Crippen LogP contribution in [0.4, 0.5) is 0 Å². The summed E-state index contributed by atoms with van der Waals surface area (Å²) < 4.78 is 25.2. The Labute approximate surface area is 121 Å². The van der Waals surface area contributed by atoms with Crippen molar-refractivity contribution in [3.05, 3.63) is 28.2 Å². The highest BCUT2D eigenvalue weighted by Gasteiger charge is 2.50. The Hall–Kier alpha value is 0.280. The molecule has 1 aromatic rings. The van der Waals surface area contributed by atoms with Crippen molar-refractivity contribution in [1.29, 1.82) is 1.28 Å². The van der Waals surface area contributed by atoms with E-state index in [0.717, 1.165) is 16.6 Å². The molecule has 0 radical (unpaired) electrons. The third-order valence-corrected chi connectivity index (χ3v) is 4.84. The van der Waals surface area contributed by atoms with Gasteiger partial charge in [0.05, 0.1) is 14.0 Å². The lowest BCUT2D eigenvalue weighted by Crippen LogP contribution is -2.23. The number of hydrogen-bond acceptors (Lipinski definition) is 3. The van der Waals surface area contributed by atoms with Gasteiger partial charge in [-0.05, 0) is 18.2 Å². The summed E-state index contributed by atoms with van der Waals surface area (Å²) in [6.07, 6.45) is 1.04. The number of fused-ring (bicyclic) bond motifs is 3. The van der Waals surface area contributed by atoms with E-state index in [2.05, 4.69) is 31.5 Å². The van der Waals surface area contributed by atoms with E-state index >= 15 is 0 Å². The molecule has 6 heteroatoms. The molecule has 1 aromatic carbocycles. The van der Waals surface area contributed by atoms with Gasteiger partial charge >= 0.3 is 0 Å². The maximum Gasteiger partial charge on any atom is 0.123 e. The maximum atomic E-state index is 7.29. The average Bonchev–Trinajstić information content (AvgIpc) is 2.88. The van der Waals surface area contributed by atoms with Crippen LogP contribution in [0.5, 0.6) is 5.75 Å². The summed E-state index contributed by atoms with van der Waals surface area (Å²) in [6.45, 7) is 0.607. The Kier molecular flexibility index (Phi) is 3.58. The standard InChI is InChI=1S/C12H15BrO3P2/c13-6-1-2-9-7(3-6)12-8(5-14-17)10(16-18)4-11(12)15-9/h1-3,8,10-12H,4-5,17-18H2/t8-,10+,11-,12+/m0/s1/i18T/t8-,10+,11-,12+,18?. The van der Waals surface area contributed by atoms with Crippen LogP contribution in [0.3, 0.4) is 0 Å². The van der Waals surface area contributed by atoms with Gasteiger partial charge in [-0.2, -0.15) is 0 Å². The first kappa shape index (κ1) is 12.1. The van der Waals surface area contributed by atoms with Crippen molar-refractivity contribution >= 4 is 34.8 Å². The molecule has 0 amide bonds. The molecule has 2 unspecified atom stereocenters. The summed E-state index contributed by atoms with van der Waals surface area (Å²) in [5.74, 6) is 1.52. The minimum absolute atomic E-state index is 0.0542. The molecule has 0 bridgehead atoms. The fourth-order valence-electron chi connectivity index (χ4n) is 3.12. The Morgan fingerprint density at radius 3 is 3.22 bits per heavy atom. The zero-order valence-electron chi connectivity index (χ0n) is 10.6. The average molecular weight is 351 g/mol. The minimum Gasteiger partial charge on any atom is -0.489 e. The van der Waals surface area contributed by atoms with Crippen molar-refractivity contribution in [2.24, 2.45) is 5.92 Å². The molecule has 0 spiro atoms. The van der Waals surface area contributed by atoms with Crippen molar-refractivity contribution in [1.82, 2.24) is 0 Å². The highest BCUT2D eigenvalue weighted by Crippen LogP contribution is 2.52. The van der Waals surface area contributed by atoms with E-state index in [0.29, 0.717) is 12.5 Å². The summed E-state index contributed by atoms with van der Waals surface area (Å²) in [4.78, 5) is 0. The topological polar surface area (TPSA) is 27.7 Å². The summed E-state index contributed by atoms with van der Waals surface area (Å²) >= 11 is 3.52. The second-order valence-corrected chi connectivity index (χ2v) is 6.24. The van der Waals surface area contributed by atoms with Crippen LogP contribution in [0.15, 0.2) is 22.7 Å². The van der Waals surface area contributed by atoms with Crippen LogP contribution in [-0.4, -0.2) is 20.1 Å². The van der Waals surface area contributed by atoms with Crippen LogP contribution in [0.2, 0.25) is 0 Å². The molecular weight excluding hydrogens is 334 g/mol. The maximum absolute atomic E-state index is 7.29. The Balaban J connectivity index is 1.91. The summed E-state index contributed by atoms with van der Waals surface area (Å²) in [6, 6.07) is 6.14. The summed E-state index contributed by atoms with van der Waals surface area (Å²) in [7, 11) is 2.06. The van der Waals surface area contributed by atoms with Crippen LogP contribution in [-0.2, 0) is 9.05 Å². The van der Waals surface area contributed by atoms with Gasteiger partial charge < -0.3 is 13.8 Å². The normalized spacial score (nSPS) is 34.4. The molecule has 0 saturated heterocycles. The molecule has 3 rings (SSSR count). The molecule has 1 saturated carbocycles. The van der Waals surface area contributed by atoms with E-state index in [-0.39, 0.29) is 27.5 Å². The van der Waals surface area contributed by atoms with Crippen LogP contribution >= 0.6 is 34.8 Å². The molecule has 1 aliphatic carbocycles. The molecule has 1 heterocycles. The van der Waals surface area contributed by atoms with Crippen LogP contribution in [0.25, 0.3) is 0 Å². The molecule has 1 aliphatic heterocycles. The van der Waals surface area contributed by atoms with Crippen molar-refractivity contribution < 1.29 is 13.8 Å². The van der Waals surface area contributed by atoms with E-state index in [9.17, 15) is 0 Å². The van der Waals surface area contributed by atoms with Gasteiger partial charge in [-0.25, -0.2) is 0 Å². The lowest BCUT2D eigenvalue weighted by Gasteiger charge is -2.21. The Morgan fingerprint density at radius 1 is 1.56 bits per heavy atom. The number of ether oxygens (including phenoxy) is 1. The smallest absolute Gasteiger partial charge is 0.123 e. The molecular formula is C12H15BrO3P2. The fourth-order valence-corrected chi connectivity index (χ4v) is 3.99. The van der Waals surface area contributed by atoms with E-state index in [1.807, 2.05) is 12.1 Å². The van der Waals surface area contributed by atoms with Gasteiger partial charge in [-0.3, -0.25) is 0 Å². The zero-order valence-corrected chi connectivity index (χ0v) is 13.4. The van der Waals surface area contributed by atoms with E-state index in [4.69, 9.17) is 15.1 Å². The third-order valence-electron chi connectivity index (χ3n) is 3.85. The predicted molar refractivity (Wildman–Crippen MR) is 79.7 cm³/mol. The summed E-state index contributed by atoms with van der Waals surface area (Å²) in [5.41, 5.74) is 1.23. The molecule has 0 aromatic heterocycles. The monoisotopic (exact) mass is 350 g/mol. The number of rotatable bonds is 4. The Morgan fingerprint density at radius 2 is 2.44 bits per heavy atom. The van der Waals surface area contributed by atoms with E-state index < -0.39 is 0 Å². The van der Waals surface area contributed by atoms with Gasteiger partial charge in [0.1, 0.15) is 11.9 Å². The fraction of sp³-hybridized carbons (Fsp3) is 0.500. The van der Waals surface area contributed by atoms with Gasteiger partial charge in [0.25, 0.3) is 0 Å². The van der Waals surface area contributed by atoms with E-state index in [1.54, 1.807) is 0 Å². The first-order chi connectivity index (χ1) is 9.24. The van der Waals surface area contributed by atoms with Crippen molar-refractivity contribution in [2.45, 2.75) is 24.5 Å². The summed E-state index contributed by atoms with van der Waals surface area (Å²) in [5, 5.41) is 0. The Bertz CT molecular complexity index is 476. The molecule has 0 N–H and O–H groups in total. The quantitative estimate of drug-likeness (QED) is 0.780. The van der Waals surface area contributed by atoms with Gasteiger partial charge in [0.2, 0.25) is 0 Å². The largest absolute Gasteiger partial charge is 0.489 e. The van der Waals surface area contributed by atoms with Crippen LogP contribution in [0, 0.1) is 5.92 Å². The van der Waals surface area contributed by atoms with Crippen LogP contribution in [0.1, 0.15) is 17.9 Å². The molecule has 6 atom stereocenters. The third kappa shape index (κ3) is 2.13. The highest BCUT2D eigenvalue weighted by molar-refractivity contribution is 9.10. The van der Waals surface area contributed by atoms with Crippen molar-refractivity contribution in [3.63, 3.8) is 0 Å². The van der Waals surface area contributed by atoms with Gasteiger partial charge in [-0.15, -0.1) is 0 Å². The van der Waals surface area contributed by atoms with Crippen molar-refractivity contribution in [2.75, 3.05) is 6.61 Å². The first-order valence-electron chi connectivity index (χ1n) is 6.34. The first-order valence-corrected chi connectivity index (χ1v) is 7.52. The minimum atomic E-state index is -0.240. The number of benzene rings is 1. The molecule has 2 aliphatic rings. The second-order valence-electron chi connectivity index (χ2n) is 4.75. The van der Waals surface area contributed by atoms with E-state index in [1.165, 1.54) is 5.56 Å². The highest BCUT2D eigenvalue weighted by atomic mass is 79.9. The SMILES string of the molecule is [3H]PO[C@@H]1C[C@@H]2Oc3ccc(Br)cc3[C@@H]2[C@H]1COP. The van der Waals surface area contributed by atoms with Gasteiger partial charge in [-0.1, -0.05) is 15.9 Å². The number of hydrogen-bond donors (Lipinski definition) is 0. The van der Waals surface area contributed by atoms with Crippen LogP contribution < -0.4 is 4.74 Å². The molecule has 3 nitrogen and oxygen atoms in total. The molecule has 1 fully saturated rings. The lowest BCUT2D eigenvalue weighted by atomic mass is 9.89. The zero-order chi connectivity index (χ0) is 13.4. The molecule has 98 valence electrons. The predicted octanol–water partition coefficient (Wildman–Crippen LogP) is 3.30. The van der Waals surface area contributed by atoms with Gasteiger partial charge in [0, 0.05) is 47.2 Å². The molecule has 18 heavy (non-hydrogen) atoms. The van der Waals surface area contributed by atoms with Gasteiger partial charge in [0.15, 0.2) is 0 Å². The van der Waals surface area contributed by atoms with Crippen molar-refractivity contribution in [3.8, 4) is 5.75 Å². The lowest BCUT2D eigenvalue weighted by molar-refractivity contribution is 0.138.